The summed E-state index contributed by atoms with van der Waals surface area (Å²) in [6.45, 7) is 2.11. The summed E-state index contributed by atoms with van der Waals surface area (Å²) in [4.78, 5) is 30.6. The highest BCUT2D eigenvalue weighted by Gasteiger charge is 2.18. The van der Waals surface area contributed by atoms with Crippen LogP contribution in [-0.4, -0.2) is 40.0 Å². The number of carbonyl (C=O) groups excluding carboxylic acids is 1. The van der Waals surface area contributed by atoms with Crippen LogP contribution in [0.5, 0.6) is 0 Å². The number of amides is 1. The Morgan fingerprint density at radius 1 is 1.42 bits per heavy atom. The Balaban J connectivity index is 0.00000208. The maximum Gasteiger partial charge on any atom is 0.297 e. The molecule has 1 unspecified atom stereocenters. The third kappa shape index (κ3) is 3.00. The summed E-state index contributed by atoms with van der Waals surface area (Å²) in [7, 11) is 1.66. The van der Waals surface area contributed by atoms with E-state index in [0.29, 0.717) is 17.6 Å². The van der Waals surface area contributed by atoms with Crippen LogP contribution in [0, 0.1) is 0 Å². The Morgan fingerprint density at radius 2 is 2.12 bits per heavy atom. The monoisotopic (exact) mass is 350 g/mol. The van der Waals surface area contributed by atoms with Crippen molar-refractivity contribution in [3.8, 4) is 0 Å². The molecule has 0 saturated carbocycles. The largest absolute Gasteiger partial charge is 0.448 e. The molecule has 1 atom stereocenters. The van der Waals surface area contributed by atoms with E-state index in [-0.39, 0.29) is 42.0 Å². The molecule has 128 valence electrons. The van der Waals surface area contributed by atoms with Gasteiger partial charge < -0.3 is 15.1 Å². The molecular weight excluding hydrogens is 332 g/mol. The van der Waals surface area contributed by atoms with E-state index in [1.165, 1.54) is 15.8 Å². The fourth-order valence-corrected chi connectivity index (χ4v) is 2.39. The molecule has 2 N–H and O–H groups in total. The lowest BCUT2D eigenvalue weighted by molar-refractivity contribution is -0.132. The zero-order valence-electron chi connectivity index (χ0n) is 13.4. The summed E-state index contributed by atoms with van der Waals surface area (Å²) in [6.07, 6.45) is 1.38. The van der Waals surface area contributed by atoms with Gasteiger partial charge in [0.05, 0.1) is 6.33 Å². The van der Waals surface area contributed by atoms with Gasteiger partial charge in [-0.3, -0.25) is 14.2 Å². The van der Waals surface area contributed by atoms with Gasteiger partial charge in [-0.25, -0.2) is 4.98 Å². The second-order valence-corrected chi connectivity index (χ2v) is 5.54. The number of para-hydroxylation sites is 1. The van der Waals surface area contributed by atoms with E-state index in [9.17, 15) is 9.59 Å². The minimum Gasteiger partial charge on any atom is -0.448 e. The molecule has 3 rings (SSSR count). The van der Waals surface area contributed by atoms with Crippen LogP contribution in [0.2, 0.25) is 0 Å². The van der Waals surface area contributed by atoms with Crippen LogP contribution in [0.15, 0.2) is 39.8 Å². The summed E-state index contributed by atoms with van der Waals surface area (Å²) in [6, 6.07) is 7.22. The van der Waals surface area contributed by atoms with Crippen LogP contribution in [-0.2, 0) is 11.3 Å². The summed E-state index contributed by atoms with van der Waals surface area (Å²) >= 11 is 0. The van der Waals surface area contributed by atoms with Crippen molar-refractivity contribution >= 4 is 40.4 Å². The molecule has 0 spiro atoms. The molecule has 7 nitrogen and oxygen atoms in total. The molecule has 2 heterocycles. The van der Waals surface area contributed by atoms with Crippen LogP contribution in [0.1, 0.15) is 6.92 Å². The van der Waals surface area contributed by atoms with Gasteiger partial charge in [-0.1, -0.05) is 12.1 Å². The predicted octanol–water partition coefficient (Wildman–Crippen LogP) is 1.37. The Labute approximate surface area is 144 Å². The van der Waals surface area contributed by atoms with Crippen molar-refractivity contribution in [2.24, 2.45) is 5.73 Å². The average molecular weight is 351 g/mol. The van der Waals surface area contributed by atoms with E-state index < -0.39 is 0 Å². The molecule has 0 fully saturated rings. The van der Waals surface area contributed by atoms with Crippen molar-refractivity contribution in [3.63, 3.8) is 0 Å². The lowest BCUT2D eigenvalue weighted by Gasteiger charge is -2.23. The minimum absolute atomic E-state index is 0. The third-order valence-electron chi connectivity index (χ3n) is 4.05. The highest BCUT2D eigenvalue weighted by atomic mass is 35.5. The average Bonchev–Trinajstić information content (AvgIpc) is 2.95. The van der Waals surface area contributed by atoms with Gasteiger partial charge in [-0.15, -0.1) is 12.4 Å². The normalized spacial score (nSPS) is 12.1. The molecule has 2 aromatic heterocycles. The zero-order chi connectivity index (χ0) is 16.6. The van der Waals surface area contributed by atoms with Crippen molar-refractivity contribution in [2.75, 3.05) is 13.6 Å². The summed E-state index contributed by atoms with van der Waals surface area (Å²) < 4.78 is 6.85. The number of furan rings is 1. The standard InChI is InChI=1S/C16H18N4O3.ClH/c1-10(7-17)19(2)13(21)8-20-9-18-14-11-5-3-4-6-12(11)23-15(14)16(20)22;/h3-6,9-10H,7-8,17H2,1-2H3;1H. The topological polar surface area (TPSA) is 94.4 Å². The number of nitrogens with zero attached hydrogens (tertiary/aromatic N) is 3. The van der Waals surface area contributed by atoms with Crippen molar-refractivity contribution < 1.29 is 9.21 Å². The number of hydrogen-bond acceptors (Lipinski definition) is 5. The van der Waals surface area contributed by atoms with Gasteiger partial charge in [-0.05, 0) is 19.1 Å². The highest BCUT2D eigenvalue weighted by molar-refractivity contribution is 6.01. The lowest BCUT2D eigenvalue weighted by Crippen LogP contribution is -2.42. The second kappa shape index (κ2) is 7.02. The fraction of sp³-hybridized carbons (Fsp3) is 0.312. The Bertz CT molecular complexity index is 934. The van der Waals surface area contributed by atoms with E-state index in [0.717, 1.165) is 5.39 Å². The first-order valence-electron chi connectivity index (χ1n) is 7.35. The highest BCUT2D eigenvalue weighted by Crippen LogP contribution is 2.23. The summed E-state index contributed by atoms with van der Waals surface area (Å²) in [5.41, 5.74) is 6.47. The lowest BCUT2D eigenvalue weighted by atomic mass is 10.2. The van der Waals surface area contributed by atoms with Crippen LogP contribution in [0.4, 0.5) is 0 Å². The number of carbonyl (C=O) groups is 1. The Hall–Kier alpha value is -2.38. The summed E-state index contributed by atoms with van der Waals surface area (Å²) in [5.74, 6) is -0.206. The second-order valence-electron chi connectivity index (χ2n) is 5.54. The first-order valence-corrected chi connectivity index (χ1v) is 7.35. The number of halogens is 1. The molecule has 1 amide bonds. The maximum atomic E-state index is 12.5. The molecule has 24 heavy (non-hydrogen) atoms. The van der Waals surface area contributed by atoms with Gasteiger partial charge >= 0.3 is 0 Å². The predicted molar refractivity (Wildman–Crippen MR) is 94.3 cm³/mol. The Morgan fingerprint density at radius 3 is 2.83 bits per heavy atom. The number of likely N-dealkylation sites (N-methyl/N-ethyl adjacent to an activating group) is 1. The van der Waals surface area contributed by atoms with Crippen LogP contribution in [0.25, 0.3) is 22.1 Å². The number of aromatic nitrogens is 2. The molecule has 8 heteroatoms. The Kier molecular flexibility index (Phi) is 5.26. The van der Waals surface area contributed by atoms with Gasteiger partial charge in [0.25, 0.3) is 5.56 Å². The van der Waals surface area contributed by atoms with Crippen molar-refractivity contribution in [1.82, 2.24) is 14.5 Å². The molecule has 3 aromatic rings. The molecule has 0 saturated heterocycles. The number of nitrogens with two attached hydrogens (primary N) is 1. The van der Waals surface area contributed by atoms with Gasteiger partial charge in [0.1, 0.15) is 17.6 Å². The van der Waals surface area contributed by atoms with E-state index >= 15 is 0 Å². The third-order valence-corrected chi connectivity index (χ3v) is 4.05. The first kappa shape index (κ1) is 18.0. The molecule has 0 aliphatic rings. The molecule has 0 bridgehead atoms. The van der Waals surface area contributed by atoms with Crippen LogP contribution >= 0.6 is 12.4 Å². The zero-order valence-corrected chi connectivity index (χ0v) is 14.2. The van der Waals surface area contributed by atoms with Crippen molar-refractivity contribution in [2.45, 2.75) is 19.5 Å². The van der Waals surface area contributed by atoms with E-state index in [1.54, 1.807) is 13.1 Å². The van der Waals surface area contributed by atoms with Crippen molar-refractivity contribution in [3.05, 3.63) is 40.9 Å². The quantitative estimate of drug-likeness (QED) is 0.766. The van der Waals surface area contributed by atoms with Crippen LogP contribution in [0.3, 0.4) is 0 Å². The number of fused-ring (bicyclic) bond motifs is 3. The van der Waals surface area contributed by atoms with Gasteiger partial charge in [0.15, 0.2) is 0 Å². The molecular formula is C16H19ClN4O3. The fourth-order valence-electron chi connectivity index (χ4n) is 2.39. The smallest absolute Gasteiger partial charge is 0.297 e. The number of rotatable bonds is 4. The van der Waals surface area contributed by atoms with E-state index in [1.807, 2.05) is 25.1 Å². The van der Waals surface area contributed by atoms with Crippen LogP contribution < -0.4 is 11.3 Å². The molecule has 0 radical (unpaired) electrons. The van der Waals surface area contributed by atoms with Gasteiger partial charge in [-0.2, -0.15) is 0 Å². The van der Waals surface area contributed by atoms with Crippen molar-refractivity contribution in [1.29, 1.82) is 0 Å². The SMILES string of the molecule is CC(CN)N(C)C(=O)Cn1cnc2c(oc3ccccc32)c1=O.Cl. The first-order chi connectivity index (χ1) is 11.0. The van der Waals surface area contributed by atoms with Gasteiger partial charge in [0.2, 0.25) is 11.5 Å². The molecule has 0 aliphatic heterocycles. The maximum absolute atomic E-state index is 12.5. The molecule has 1 aromatic carbocycles. The minimum atomic E-state index is -0.367. The van der Waals surface area contributed by atoms with E-state index in [2.05, 4.69) is 4.98 Å². The van der Waals surface area contributed by atoms with E-state index in [4.69, 9.17) is 10.2 Å². The number of hydrogen-bond donors (Lipinski definition) is 1. The summed E-state index contributed by atoms with van der Waals surface area (Å²) in [5, 5.41) is 0.784. The van der Waals surface area contributed by atoms with Gasteiger partial charge in [0, 0.05) is 25.0 Å². The molecule has 0 aliphatic carbocycles. The number of benzene rings is 1.